The summed E-state index contributed by atoms with van der Waals surface area (Å²) < 4.78 is 0. The van der Waals surface area contributed by atoms with Gasteiger partial charge in [0.25, 0.3) is 0 Å². The summed E-state index contributed by atoms with van der Waals surface area (Å²) in [4.78, 5) is 13.7. The molecule has 4 heteroatoms. The number of nitrogens with two attached hydrogens (primary N) is 1. The maximum absolute atomic E-state index is 10.9. The van der Waals surface area contributed by atoms with Gasteiger partial charge in [0, 0.05) is 23.6 Å². The second-order valence-corrected chi connectivity index (χ2v) is 3.21. The van der Waals surface area contributed by atoms with Gasteiger partial charge in [0.1, 0.15) is 0 Å². The highest BCUT2D eigenvalue weighted by molar-refractivity contribution is 5.95. The molecule has 0 fully saturated rings. The lowest BCUT2D eigenvalue weighted by Gasteiger charge is -2.00. The predicted molar refractivity (Wildman–Crippen MR) is 57.6 cm³/mol. The molecule has 0 unspecified atom stereocenters. The molecule has 2 rings (SSSR count). The number of hydrogen-bond donors (Lipinski definition) is 3. The van der Waals surface area contributed by atoms with Gasteiger partial charge in [0.2, 0.25) is 0 Å². The van der Waals surface area contributed by atoms with Crippen LogP contribution in [0.2, 0.25) is 0 Å². The first-order valence-electron chi connectivity index (χ1n) is 4.44. The van der Waals surface area contributed by atoms with Crippen LogP contribution in [-0.4, -0.2) is 16.1 Å². The summed E-state index contributed by atoms with van der Waals surface area (Å²) in [6, 6.07) is 7.08. The Labute approximate surface area is 86.4 Å². The Morgan fingerprint density at radius 1 is 1.20 bits per heavy atom. The van der Waals surface area contributed by atoms with Crippen LogP contribution in [0.5, 0.6) is 0 Å². The second kappa shape index (κ2) is 3.49. The van der Waals surface area contributed by atoms with E-state index in [0.717, 1.165) is 5.56 Å². The van der Waals surface area contributed by atoms with Crippen LogP contribution in [0.25, 0.3) is 11.1 Å². The number of anilines is 1. The molecule has 0 bridgehead atoms. The van der Waals surface area contributed by atoms with Crippen LogP contribution in [0, 0.1) is 0 Å². The van der Waals surface area contributed by atoms with Crippen molar-refractivity contribution in [3.8, 4) is 11.1 Å². The van der Waals surface area contributed by atoms with E-state index in [-0.39, 0.29) is 5.56 Å². The first kappa shape index (κ1) is 9.33. The minimum absolute atomic E-state index is 0.264. The molecule has 1 heterocycles. The fourth-order valence-electron chi connectivity index (χ4n) is 1.44. The summed E-state index contributed by atoms with van der Waals surface area (Å²) in [5.41, 5.74) is 7.98. The smallest absolute Gasteiger partial charge is 0.337 e. The summed E-state index contributed by atoms with van der Waals surface area (Å²) in [5.74, 6) is -0.942. The second-order valence-electron chi connectivity index (χ2n) is 3.21. The molecule has 0 radical (unpaired) electrons. The molecule has 0 saturated carbocycles. The van der Waals surface area contributed by atoms with Crippen molar-refractivity contribution < 1.29 is 9.90 Å². The molecule has 4 N–H and O–H groups in total. The van der Waals surface area contributed by atoms with E-state index < -0.39 is 5.97 Å². The minimum Gasteiger partial charge on any atom is -0.478 e. The Hall–Kier alpha value is -2.23. The van der Waals surface area contributed by atoms with E-state index in [2.05, 4.69) is 4.98 Å². The van der Waals surface area contributed by atoms with Crippen LogP contribution in [0.4, 0.5) is 5.69 Å². The normalized spacial score (nSPS) is 10.1. The minimum atomic E-state index is -0.942. The number of rotatable bonds is 2. The molecule has 2 aromatic rings. The quantitative estimate of drug-likeness (QED) is 0.651. The number of carboxylic acids is 1. The number of nitrogens with one attached hydrogen (secondary N) is 1. The first-order valence-corrected chi connectivity index (χ1v) is 4.44. The average molecular weight is 202 g/mol. The number of aromatic nitrogens is 1. The van der Waals surface area contributed by atoms with E-state index in [4.69, 9.17) is 10.8 Å². The van der Waals surface area contributed by atoms with Gasteiger partial charge in [0.05, 0.1) is 5.56 Å². The van der Waals surface area contributed by atoms with Crippen molar-refractivity contribution in [3.05, 3.63) is 42.2 Å². The molecule has 0 aliphatic heterocycles. The van der Waals surface area contributed by atoms with Gasteiger partial charge in [-0.3, -0.25) is 0 Å². The largest absolute Gasteiger partial charge is 0.478 e. The molecule has 0 aliphatic carbocycles. The highest BCUT2D eigenvalue weighted by atomic mass is 16.4. The van der Waals surface area contributed by atoms with Crippen molar-refractivity contribution in [1.82, 2.24) is 4.98 Å². The average Bonchev–Trinajstić information content (AvgIpc) is 2.67. The van der Waals surface area contributed by atoms with Gasteiger partial charge < -0.3 is 15.8 Å². The lowest BCUT2D eigenvalue weighted by Crippen LogP contribution is -1.95. The van der Waals surface area contributed by atoms with Crippen molar-refractivity contribution in [1.29, 1.82) is 0 Å². The van der Waals surface area contributed by atoms with Gasteiger partial charge in [-0.25, -0.2) is 4.79 Å². The van der Waals surface area contributed by atoms with Crippen LogP contribution < -0.4 is 5.73 Å². The molecule has 76 valence electrons. The van der Waals surface area contributed by atoms with Gasteiger partial charge >= 0.3 is 5.97 Å². The summed E-state index contributed by atoms with van der Waals surface area (Å²) in [6.07, 6.45) is 3.13. The van der Waals surface area contributed by atoms with E-state index in [9.17, 15) is 4.79 Å². The van der Waals surface area contributed by atoms with Crippen LogP contribution in [0.15, 0.2) is 36.7 Å². The number of aromatic carboxylic acids is 1. The standard InChI is InChI=1S/C11H10N2O2/c12-8-3-1-7(2-4-8)9-5-13-6-10(9)11(14)15/h1-6,13H,12H2,(H,14,15). The van der Waals surface area contributed by atoms with E-state index in [0.29, 0.717) is 11.3 Å². The number of aromatic amines is 1. The third kappa shape index (κ3) is 1.69. The van der Waals surface area contributed by atoms with Gasteiger partial charge in [-0.15, -0.1) is 0 Å². The van der Waals surface area contributed by atoms with Gasteiger partial charge in [-0.2, -0.15) is 0 Å². The third-order valence-electron chi connectivity index (χ3n) is 2.20. The zero-order valence-corrected chi connectivity index (χ0v) is 7.90. The number of H-pyrrole nitrogens is 1. The molecule has 1 aromatic heterocycles. The Bertz CT molecular complexity index is 486. The predicted octanol–water partition coefficient (Wildman–Crippen LogP) is 1.96. The Morgan fingerprint density at radius 3 is 2.47 bits per heavy atom. The first-order chi connectivity index (χ1) is 7.18. The van der Waals surface area contributed by atoms with Gasteiger partial charge in [-0.1, -0.05) is 12.1 Å². The lowest BCUT2D eigenvalue weighted by atomic mass is 10.0. The third-order valence-corrected chi connectivity index (χ3v) is 2.20. The van der Waals surface area contributed by atoms with Crippen molar-refractivity contribution in [3.63, 3.8) is 0 Å². The summed E-state index contributed by atoms with van der Waals surface area (Å²) in [6.45, 7) is 0. The van der Waals surface area contributed by atoms with E-state index in [1.807, 2.05) is 0 Å². The van der Waals surface area contributed by atoms with Gasteiger partial charge in [-0.05, 0) is 17.7 Å². The van der Waals surface area contributed by atoms with Crippen molar-refractivity contribution >= 4 is 11.7 Å². The number of carboxylic acid groups (broad SMARTS) is 1. The molecule has 4 nitrogen and oxygen atoms in total. The summed E-state index contributed by atoms with van der Waals surface area (Å²) in [5, 5.41) is 8.93. The summed E-state index contributed by atoms with van der Waals surface area (Å²) >= 11 is 0. The van der Waals surface area contributed by atoms with Crippen LogP contribution in [0.1, 0.15) is 10.4 Å². The maximum atomic E-state index is 10.9. The van der Waals surface area contributed by atoms with E-state index in [1.165, 1.54) is 6.20 Å². The molecular formula is C11H10N2O2. The highest BCUT2D eigenvalue weighted by Gasteiger charge is 2.11. The highest BCUT2D eigenvalue weighted by Crippen LogP contribution is 2.24. The number of nitrogen functional groups attached to an aromatic ring is 1. The fourth-order valence-corrected chi connectivity index (χ4v) is 1.44. The summed E-state index contributed by atoms with van der Waals surface area (Å²) in [7, 11) is 0. The van der Waals surface area contributed by atoms with Crippen LogP contribution in [-0.2, 0) is 0 Å². The zero-order chi connectivity index (χ0) is 10.8. The van der Waals surface area contributed by atoms with E-state index >= 15 is 0 Å². The number of carbonyl (C=O) groups is 1. The van der Waals surface area contributed by atoms with Crippen LogP contribution >= 0.6 is 0 Å². The molecule has 0 atom stereocenters. The van der Waals surface area contributed by atoms with E-state index in [1.54, 1.807) is 30.5 Å². The SMILES string of the molecule is Nc1ccc(-c2c[nH]cc2C(=O)O)cc1. The van der Waals surface area contributed by atoms with Crippen molar-refractivity contribution in [2.24, 2.45) is 0 Å². The molecule has 1 aromatic carbocycles. The monoisotopic (exact) mass is 202 g/mol. The molecule has 0 spiro atoms. The maximum Gasteiger partial charge on any atom is 0.337 e. The molecule has 0 aliphatic rings. The Kier molecular flexibility index (Phi) is 2.17. The molecule has 0 amide bonds. The molecule has 0 saturated heterocycles. The fraction of sp³-hybridized carbons (Fsp3) is 0. The molecule has 15 heavy (non-hydrogen) atoms. The van der Waals surface area contributed by atoms with Crippen LogP contribution in [0.3, 0.4) is 0 Å². The molecular weight excluding hydrogens is 192 g/mol. The zero-order valence-electron chi connectivity index (χ0n) is 7.90. The Morgan fingerprint density at radius 2 is 1.87 bits per heavy atom. The topological polar surface area (TPSA) is 79.1 Å². The number of benzene rings is 1. The lowest BCUT2D eigenvalue weighted by molar-refractivity contribution is 0.0698. The Balaban J connectivity index is 2.49. The number of hydrogen-bond acceptors (Lipinski definition) is 2. The van der Waals surface area contributed by atoms with Gasteiger partial charge in [0.15, 0.2) is 0 Å². The van der Waals surface area contributed by atoms with Crippen molar-refractivity contribution in [2.45, 2.75) is 0 Å². The van der Waals surface area contributed by atoms with Crippen molar-refractivity contribution in [2.75, 3.05) is 5.73 Å².